The second-order valence-electron chi connectivity index (χ2n) is 3.55. The van der Waals surface area contributed by atoms with E-state index in [0.29, 0.717) is 13.1 Å². The van der Waals surface area contributed by atoms with Crippen molar-refractivity contribution in [3.8, 4) is 0 Å². The summed E-state index contributed by atoms with van der Waals surface area (Å²) in [7, 11) is 0. The minimum Gasteiger partial charge on any atom is -0.376 e. The molecule has 0 spiro atoms. The highest BCUT2D eigenvalue weighted by Gasteiger charge is 1.99. The predicted octanol–water partition coefficient (Wildman–Crippen LogP) is 0.351. The van der Waals surface area contributed by atoms with E-state index in [4.69, 9.17) is 0 Å². The number of benzene rings is 1. The third-order valence-electron chi connectivity index (χ3n) is 2.05. The predicted molar refractivity (Wildman–Crippen MR) is 66.6 cm³/mol. The Morgan fingerprint density at radius 2 is 1.71 bits per heavy atom. The number of carbonyl (C=O) groups excluding carboxylic acids is 2. The van der Waals surface area contributed by atoms with Gasteiger partial charge in [0.05, 0.1) is 6.54 Å². The van der Waals surface area contributed by atoms with Gasteiger partial charge in [-0.2, -0.15) is 0 Å². The molecule has 2 amide bonds. The summed E-state index contributed by atoms with van der Waals surface area (Å²) in [5.74, 6) is -0.194. The Morgan fingerprint density at radius 1 is 1.06 bits per heavy atom. The Kier molecular flexibility index (Phi) is 5.57. The zero-order valence-corrected chi connectivity index (χ0v) is 9.82. The van der Waals surface area contributed by atoms with Crippen molar-refractivity contribution in [2.24, 2.45) is 0 Å². The Morgan fingerprint density at radius 3 is 2.35 bits per heavy atom. The molecule has 0 aliphatic carbocycles. The molecule has 5 heteroatoms. The third-order valence-corrected chi connectivity index (χ3v) is 2.05. The van der Waals surface area contributed by atoms with E-state index in [1.165, 1.54) is 6.92 Å². The van der Waals surface area contributed by atoms with Crippen LogP contribution in [0, 0.1) is 0 Å². The molecule has 0 heterocycles. The van der Waals surface area contributed by atoms with Gasteiger partial charge in [-0.05, 0) is 12.1 Å². The molecule has 17 heavy (non-hydrogen) atoms. The highest BCUT2D eigenvalue weighted by atomic mass is 16.2. The van der Waals surface area contributed by atoms with Crippen LogP contribution in [0.5, 0.6) is 0 Å². The third kappa shape index (κ3) is 6.19. The molecule has 5 nitrogen and oxygen atoms in total. The van der Waals surface area contributed by atoms with Crippen molar-refractivity contribution in [1.82, 2.24) is 10.6 Å². The molecule has 0 aromatic heterocycles. The van der Waals surface area contributed by atoms with Crippen LogP contribution in [0.15, 0.2) is 30.3 Å². The van der Waals surface area contributed by atoms with E-state index in [2.05, 4.69) is 16.0 Å². The lowest BCUT2D eigenvalue weighted by molar-refractivity contribution is -0.121. The Balaban J connectivity index is 2.11. The van der Waals surface area contributed by atoms with Gasteiger partial charge >= 0.3 is 0 Å². The van der Waals surface area contributed by atoms with Crippen LogP contribution in [-0.4, -0.2) is 31.4 Å². The summed E-state index contributed by atoms with van der Waals surface area (Å²) in [5.41, 5.74) is 0.907. The molecule has 1 aromatic rings. The summed E-state index contributed by atoms with van der Waals surface area (Å²) >= 11 is 0. The maximum atomic E-state index is 11.4. The molecular formula is C12H17N3O2. The first-order chi connectivity index (χ1) is 8.18. The fraction of sp³-hybridized carbons (Fsp3) is 0.333. The number of hydrogen-bond acceptors (Lipinski definition) is 3. The zero-order chi connectivity index (χ0) is 12.5. The largest absolute Gasteiger partial charge is 0.376 e. The summed E-state index contributed by atoms with van der Waals surface area (Å²) in [6.07, 6.45) is 0. The molecule has 0 aliphatic heterocycles. The van der Waals surface area contributed by atoms with Crippen LogP contribution in [0.1, 0.15) is 6.92 Å². The van der Waals surface area contributed by atoms with Gasteiger partial charge in [0.25, 0.3) is 0 Å². The lowest BCUT2D eigenvalue weighted by atomic mass is 10.3. The van der Waals surface area contributed by atoms with E-state index in [-0.39, 0.29) is 18.4 Å². The van der Waals surface area contributed by atoms with E-state index in [1.807, 2.05) is 30.3 Å². The highest BCUT2D eigenvalue weighted by Crippen LogP contribution is 2.03. The smallest absolute Gasteiger partial charge is 0.239 e. The molecule has 0 fully saturated rings. The second-order valence-corrected chi connectivity index (χ2v) is 3.55. The van der Waals surface area contributed by atoms with Gasteiger partial charge in [0.1, 0.15) is 0 Å². The Labute approximate surface area is 101 Å². The van der Waals surface area contributed by atoms with Crippen molar-refractivity contribution < 1.29 is 9.59 Å². The van der Waals surface area contributed by atoms with Gasteiger partial charge in [0.15, 0.2) is 0 Å². The molecule has 0 aliphatic rings. The average molecular weight is 235 g/mol. The van der Waals surface area contributed by atoms with E-state index in [1.54, 1.807) is 0 Å². The molecule has 0 radical (unpaired) electrons. The van der Waals surface area contributed by atoms with Crippen LogP contribution in [0.3, 0.4) is 0 Å². The molecule has 0 unspecified atom stereocenters. The fourth-order valence-corrected chi connectivity index (χ4v) is 1.24. The molecular weight excluding hydrogens is 218 g/mol. The number of nitrogens with one attached hydrogen (secondary N) is 3. The topological polar surface area (TPSA) is 70.2 Å². The van der Waals surface area contributed by atoms with Crippen molar-refractivity contribution >= 4 is 17.5 Å². The van der Waals surface area contributed by atoms with Gasteiger partial charge in [-0.3, -0.25) is 9.59 Å². The summed E-state index contributed by atoms with van der Waals surface area (Å²) < 4.78 is 0. The van der Waals surface area contributed by atoms with Gasteiger partial charge in [-0.25, -0.2) is 0 Å². The monoisotopic (exact) mass is 235 g/mol. The van der Waals surface area contributed by atoms with E-state index in [9.17, 15) is 9.59 Å². The lowest BCUT2D eigenvalue weighted by Crippen LogP contribution is -2.36. The quantitative estimate of drug-likeness (QED) is 0.623. The number of para-hydroxylation sites is 1. The number of amides is 2. The van der Waals surface area contributed by atoms with Gasteiger partial charge < -0.3 is 16.0 Å². The molecule has 3 N–H and O–H groups in total. The summed E-state index contributed by atoms with van der Waals surface area (Å²) in [4.78, 5) is 21.9. The molecule has 0 bridgehead atoms. The fourth-order valence-electron chi connectivity index (χ4n) is 1.24. The maximum absolute atomic E-state index is 11.4. The maximum Gasteiger partial charge on any atom is 0.239 e. The van der Waals surface area contributed by atoms with Crippen molar-refractivity contribution in [1.29, 1.82) is 0 Å². The Bertz CT molecular complexity index is 365. The van der Waals surface area contributed by atoms with Crippen LogP contribution in [0.25, 0.3) is 0 Å². The lowest BCUT2D eigenvalue weighted by Gasteiger charge is -2.07. The molecule has 0 atom stereocenters. The zero-order valence-electron chi connectivity index (χ0n) is 9.82. The van der Waals surface area contributed by atoms with E-state index in [0.717, 1.165) is 5.69 Å². The molecule has 92 valence electrons. The van der Waals surface area contributed by atoms with Gasteiger partial charge in [0, 0.05) is 25.7 Å². The van der Waals surface area contributed by atoms with Gasteiger partial charge in [-0.1, -0.05) is 18.2 Å². The van der Waals surface area contributed by atoms with Gasteiger partial charge in [-0.15, -0.1) is 0 Å². The van der Waals surface area contributed by atoms with Crippen LogP contribution in [0.2, 0.25) is 0 Å². The summed E-state index contributed by atoms with van der Waals surface area (Å²) in [6.45, 7) is 2.56. The number of carbonyl (C=O) groups is 2. The Hall–Kier alpha value is -2.04. The van der Waals surface area contributed by atoms with Crippen LogP contribution >= 0.6 is 0 Å². The minimum atomic E-state index is -0.0980. The van der Waals surface area contributed by atoms with E-state index < -0.39 is 0 Å². The first-order valence-corrected chi connectivity index (χ1v) is 5.48. The van der Waals surface area contributed by atoms with Crippen molar-refractivity contribution in [2.75, 3.05) is 25.0 Å². The van der Waals surface area contributed by atoms with E-state index >= 15 is 0 Å². The standard InChI is InChI=1S/C12H17N3O2/c1-10(16)13-7-8-14-12(17)9-15-11-5-3-2-4-6-11/h2-6,15H,7-9H2,1H3,(H,13,16)(H,14,17). The first kappa shape index (κ1) is 13.0. The second kappa shape index (κ2) is 7.27. The summed E-state index contributed by atoms with van der Waals surface area (Å²) in [5, 5.41) is 8.29. The molecule has 1 aromatic carbocycles. The van der Waals surface area contributed by atoms with Crippen molar-refractivity contribution in [2.45, 2.75) is 6.92 Å². The van der Waals surface area contributed by atoms with Gasteiger partial charge in [0.2, 0.25) is 11.8 Å². The van der Waals surface area contributed by atoms with Crippen molar-refractivity contribution in [3.63, 3.8) is 0 Å². The summed E-state index contributed by atoms with van der Waals surface area (Å²) in [6, 6.07) is 9.50. The molecule has 0 saturated carbocycles. The minimum absolute atomic E-state index is 0.0957. The highest BCUT2D eigenvalue weighted by molar-refractivity contribution is 5.80. The van der Waals surface area contributed by atoms with Crippen LogP contribution in [-0.2, 0) is 9.59 Å². The number of hydrogen-bond donors (Lipinski definition) is 3. The SMILES string of the molecule is CC(=O)NCCNC(=O)CNc1ccccc1. The van der Waals surface area contributed by atoms with Crippen LogP contribution < -0.4 is 16.0 Å². The number of rotatable bonds is 6. The average Bonchev–Trinajstić information content (AvgIpc) is 2.33. The van der Waals surface area contributed by atoms with Crippen molar-refractivity contribution in [3.05, 3.63) is 30.3 Å². The van der Waals surface area contributed by atoms with Crippen LogP contribution in [0.4, 0.5) is 5.69 Å². The number of anilines is 1. The molecule has 1 rings (SSSR count). The molecule has 0 saturated heterocycles. The normalized spacial score (nSPS) is 9.47. The first-order valence-electron chi connectivity index (χ1n) is 5.48.